The Hall–Kier alpha value is -2.77. The van der Waals surface area contributed by atoms with Crippen molar-refractivity contribution in [3.05, 3.63) is 77.1 Å². The molecule has 3 aromatic carbocycles. The second kappa shape index (κ2) is 8.71. The van der Waals surface area contributed by atoms with Gasteiger partial charge in [-0.15, -0.1) is 0 Å². The molecule has 0 aliphatic heterocycles. The molecule has 3 aromatic rings. The van der Waals surface area contributed by atoms with Gasteiger partial charge in [-0.25, -0.2) is 12.8 Å². The number of methoxy groups -OCH3 is 2. The zero-order valence-corrected chi connectivity index (χ0v) is 17.3. The van der Waals surface area contributed by atoms with E-state index in [1.54, 1.807) is 0 Å². The second-order valence-corrected chi connectivity index (χ2v) is 8.36. The van der Waals surface area contributed by atoms with Gasteiger partial charge in [-0.3, -0.25) is 0 Å². The summed E-state index contributed by atoms with van der Waals surface area (Å²) in [7, 11) is -1.54. The number of halogens is 2. The molecule has 3 rings (SSSR count). The van der Waals surface area contributed by atoms with E-state index in [0.29, 0.717) is 5.75 Å². The number of ether oxygens (including phenoxy) is 3. The van der Waals surface area contributed by atoms with Gasteiger partial charge in [0.25, 0.3) is 0 Å². The summed E-state index contributed by atoms with van der Waals surface area (Å²) >= 11 is 5.85. The van der Waals surface area contributed by atoms with E-state index < -0.39 is 21.4 Å². The SMILES string of the molecule is COc1cc(S(=O)(=O)c2cc(Cl)cc(F)c2OC)ccc1OCc1ccccc1. The molecule has 0 atom stereocenters. The third kappa shape index (κ3) is 4.46. The maximum atomic E-state index is 14.1. The highest BCUT2D eigenvalue weighted by Crippen LogP contribution is 2.37. The maximum absolute atomic E-state index is 14.1. The van der Waals surface area contributed by atoms with Gasteiger partial charge in [0.15, 0.2) is 23.1 Å². The first-order chi connectivity index (χ1) is 13.9. The molecule has 0 radical (unpaired) electrons. The van der Waals surface area contributed by atoms with Gasteiger partial charge < -0.3 is 14.2 Å². The predicted octanol–water partition coefficient (Wildman–Crippen LogP) is 4.91. The summed E-state index contributed by atoms with van der Waals surface area (Å²) in [5, 5.41) is -0.0587. The van der Waals surface area contributed by atoms with E-state index in [1.807, 2.05) is 30.3 Å². The molecule has 0 N–H and O–H groups in total. The van der Waals surface area contributed by atoms with E-state index in [9.17, 15) is 12.8 Å². The van der Waals surface area contributed by atoms with E-state index in [0.717, 1.165) is 17.7 Å². The molecular formula is C21H18ClFO5S. The minimum atomic E-state index is -4.13. The predicted molar refractivity (Wildman–Crippen MR) is 107 cm³/mol. The van der Waals surface area contributed by atoms with E-state index >= 15 is 0 Å². The molecule has 0 aliphatic carbocycles. The molecule has 0 saturated carbocycles. The number of hydrogen-bond acceptors (Lipinski definition) is 5. The molecular weight excluding hydrogens is 419 g/mol. The first-order valence-electron chi connectivity index (χ1n) is 8.49. The topological polar surface area (TPSA) is 61.8 Å². The Morgan fingerprint density at radius 3 is 2.31 bits per heavy atom. The molecule has 0 spiro atoms. The van der Waals surface area contributed by atoms with Crippen molar-refractivity contribution in [3.8, 4) is 17.2 Å². The monoisotopic (exact) mass is 436 g/mol. The maximum Gasteiger partial charge on any atom is 0.210 e. The van der Waals surface area contributed by atoms with Crippen molar-refractivity contribution in [2.75, 3.05) is 14.2 Å². The Kier molecular flexibility index (Phi) is 6.30. The summed E-state index contributed by atoms with van der Waals surface area (Å²) in [4.78, 5) is -0.480. The largest absolute Gasteiger partial charge is 0.493 e. The first-order valence-corrected chi connectivity index (χ1v) is 10.4. The smallest absolute Gasteiger partial charge is 0.210 e. The molecule has 5 nitrogen and oxygen atoms in total. The Labute approximate surface area is 173 Å². The van der Waals surface area contributed by atoms with Gasteiger partial charge in [0, 0.05) is 11.1 Å². The van der Waals surface area contributed by atoms with Crippen molar-refractivity contribution in [1.82, 2.24) is 0 Å². The fourth-order valence-electron chi connectivity index (χ4n) is 2.73. The van der Waals surface area contributed by atoms with Crippen molar-refractivity contribution < 1.29 is 27.0 Å². The summed E-state index contributed by atoms with van der Waals surface area (Å²) < 4.78 is 56.2. The number of sulfone groups is 1. The van der Waals surface area contributed by atoms with Crippen molar-refractivity contribution in [3.63, 3.8) is 0 Å². The summed E-state index contributed by atoms with van der Waals surface area (Å²) in [5.74, 6) is -0.672. The minimum absolute atomic E-state index is 0.0587. The lowest BCUT2D eigenvalue weighted by molar-refractivity contribution is 0.284. The molecule has 152 valence electrons. The average Bonchev–Trinajstić information content (AvgIpc) is 2.72. The summed E-state index contributed by atoms with van der Waals surface area (Å²) in [6.07, 6.45) is 0. The lowest BCUT2D eigenvalue weighted by atomic mass is 10.2. The molecule has 0 bridgehead atoms. The Morgan fingerprint density at radius 1 is 0.931 bits per heavy atom. The highest BCUT2D eigenvalue weighted by molar-refractivity contribution is 7.91. The molecule has 0 heterocycles. The van der Waals surface area contributed by atoms with Crippen LogP contribution in [0.25, 0.3) is 0 Å². The fourth-order valence-corrected chi connectivity index (χ4v) is 4.47. The first kappa shape index (κ1) is 21.0. The van der Waals surface area contributed by atoms with Crippen LogP contribution in [0.2, 0.25) is 5.02 Å². The van der Waals surface area contributed by atoms with Gasteiger partial charge in [-0.1, -0.05) is 41.9 Å². The second-order valence-electron chi connectivity index (χ2n) is 6.01. The molecule has 0 unspecified atom stereocenters. The van der Waals surface area contributed by atoms with Crippen LogP contribution in [-0.2, 0) is 16.4 Å². The zero-order chi connectivity index (χ0) is 21.0. The van der Waals surface area contributed by atoms with E-state index in [1.165, 1.54) is 32.4 Å². The van der Waals surface area contributed by atoms with Crippen LogP contribution in [0.15, 0.2) is 70.5 Å². The van der Waals surface area contributed by atoms with E-state index in [-0.39, 0.29) is 27.2 Å². The van der Waals surface area contributed by atoms with Crippen LogP contribution < -0.4 is 14.2 Å². The van der Waals surface area contributed by atoms with Crippen LogP contribution >= 0.6 is 11.6 Å². The van der Waals surface area contributed by atoms with Crippen molar-refractivity contribution >= 4 is 21.4 Å². The molecule has 0 amide bonds. The standard InChI is InChI=1S/C21H18ClFO5S/c1-26-19-12-16(8-9-18(19)28-13-14-6-4-3-5-7-14)29(24,25)20-11-15(22)10-17(23)21(20)27-2/h3-12H,13H2,1-2H3. The highest BCUT2D eigenvalue weighted by Gasteiger charge is 2.26. The average molecular weight is 437 g/mol. The van der Waals surface area contributed by atoms with Gasteiger partial charge in [-0.05, 0) is 29.8 Å². The van der Waals surface area contributed by atoms with Crippen LogP contribution in [-0.4, -0.2) is 22.6 Å². The van der Waals surface area contributed by atoms with E-state index in [4.69, 9.17) is 25.8 Å². The van der Waals surface area contributed by atoms with Crippen molar-refractivity contribution in [1.29, 1.82) is 0 Å². The molecule has 8 heteroatoms. The Bertz CT molecular complexity index is 1120. The van der Waals surface area contributed by atoms with Gasteiger partial charge in [0.2, 0.25) is 9.84 Å². The van der Waals surface area contributed by atoms with Crippen LogP contribution in [0.3, 0.4) is 0 Å². The van der Waals surface area contributed by atoms with Gasteiger partial charge in [-0.2, -0.15) is 0 Å². The summed E-state index contributed by atoms with van der Waals surface area (Å²) in [5.41, 5.74) is 0.949. The number of rotatable bonds is 7. The molecule has 0 saturated heterocycles. The lowest BCUT2D eigenvalue weighted by Crippen LogP contribution is -2.07. The van der Waals surface area contributed by atoms with Crippen LogP contribution in [0.4, 0.5) is 4.39 Å². The van der Waals surface area contributed by atoms with Crippen LogP contribution in [0.5, 0.6) is 17.2 Å². The summed E-state index contributed by atoms with van der Waals surface area (Å²) in [6.45, 7) is 0.288. The summed E-state index contributed by atoms with van der Waals surface area (Å²) in [6, 6.07) is 15.8. The van der Waals surface area contributed by atoms with Crippen LogP contribution in [0.1, 0.15) is 5.56 Å². The lowest BCUT2D eigenvalue weighted by Gasteiger charge is -2.14. The highest BCUT2D eigenvalue weighted by atomic mass is 35.5. The van der Waals surface area contributed by atoms with Gasteiger partial charge >= 0.3 is 0 Å². The zero-order valence-electron chi connectivity index (χ0n) is 15.7. The molecule has 0 aromatic heterocycles. The molecule has 0 fully saturated rings. The number of hydrogen-bond donors (Lipinski definition) is 0. The van der Waals surface area contributed by atoms with Gasteiger partial charge in [0.05, 0.1) is 19.1 Å². The normalized spacial score (nSPS) is 11.2. The fraction of sp³-hybridized carbons (Fsp3) is 0.143. The molecule has 29 heavy (non-hydrogen) atoms. The van der Waals surface area contributed by atoms with Crippen molar-refractivity contribution in [2.24, 2.45) is 0 Å². The Morgan fingerprint density at radius 2 is 1.66 bits per heavy atom. The Balaban J connectivity index is 1.97. The minimum Gasteiger partial charge on any atom is -0.493 e. The van der Waals surface area contributed by atoms with Crippen molar-refractivity contribution in [2.45, 2.75) is 16.4 Å². The number of benzene rings is 3. The quantitative estimate of drug-likeness (QED) is 0.526. The third-order valence-corrected chi connectivity index (χ3v) is 6.13. The molecule has 0 aliphatic rings. The van der Waals surface area contributed by atoms with E-state index in [2.05, 4.69) is 0 Å². The third-order valence-electron chi connectivity index (χ3n) is 4.15. The van der Waals surface area contributed by atoms with Gasteiger partial charge in [0.1, 0.15) is 11.5 Å². The van der Waals surface area contributed by atoms with Crippen LogP contribution in [0, 0.1) is 5.82 Å².